The number of quaternary nitrogens is 2. The summed E-state index contributed by atoms with van der Waals surface area (Å²) in [6, 6.07) is 7.42. The average Bonchev–Trinajstić information content (AvgIpc) is 2.65. The molecule has 3 rings (SSSR count). The molecule has 5 nitrogen and oxygen atoms in total. The Morgan fingerprint density at radius 3 is 2.38 bits per heavy atom. The van der Waals surface area contributed by atoms with Crippen LogP contribution in [-0.4, -0.2) is 75.1 Å². The van der Waals surface area contributed by atoms with Crippen LogP contribution in [0.1, 0.15) is 10.4 Å². The van der Waals surface area contributed by atoms with Crippen molar-refractivity contribution >= 4 is 17.4 Å². The molecule has 21 heavy (non-hydrogen) atoms. The van der Waals surface area contributed by atoms with Gasteiger partial charge in [0.05, 0.1) is 32.7 Å². The molecule has 0 N–H and O–H groups in total. The van der Waals surface area contributed by atoms with E-state index in [4.69, 9.17) is 0 Å². The summed E-state index contributed by atoms with van der Waals surface area (Å²) in [6.45, 7) is 4.72. The van der Waals surface area contributed by atoms with Crippen molar-refractivity contribution < 1.29 is 14.1 Å². The summed E-state index contributed by atoms with van der Waals surface area (Å²) in [5.41, 5.74) is 1.43. The van der Waals surface area contributed by atoms with Gasteiger partial charge in [-0.25, -0.2) is 4.79 Å². The van der Waals surface area contributed by atoms with Crippen LogP contribution in [0.4, 0.5) is 5.69 Å². The first-order valence-corrected chi connectivity index (χ1v) is 7.42. The number of hydrogen-bond donors (Lipinski definition) is 0. The first kappa shape index (κ1) is 14.4. The van der Waals surface area contributed by atoms with Gasteiger partial charge in [0.25, 0.3) is 5.78 Å². The number of likely N-dealkylation sites (N-methyl/N-ethyl adjacent to an activating group) is 3. The molecule has 0 saturated carbocycles. The normalized spacial score (nSPS) is 28.7. The number of hydrogen-bond acceptors (Lipinski definition) is 3. The van der Waals surface area contributed by atoms with Gasteiger partial charge in [-0.05, 0) is 13.1 Å². The molecule has 1 amide bonds. The van der Waals surface area contributed by atoms with E-state index in [0.717, 1.165) is 36.3 Å². The third kappa shape index (κ3) is 2.21. The third-order valence-corrected chi connectivity index (χ3v) is 4.99. The summed E-state index contributed by atoms with van der Waals surface area (Å²) in [5.74, 6) is -0.636. The van der Waals surface area contributed by atoms with Crippen LogP contribution in [0.3, 0.4) is 0 Å². The Hall–Kier alpha value is -1.56. The molecule has 0 aliphatic carbocycles. The van der Waals surface area contributed by atoms with Gasteiger partial charge in [-0.1, -0.05) is 12.1 Å². The largest absolute Gasteiger partial charge is 0.396 e. The number of fused-ring (bicyclic) bond motifs is 1. The molecular weight excluding hydrogens is 266 g/mol. The number of nitrogens with zero attached hydrogens (tertiary/aromatic N) is 3. The minimum absolute atomic E-state index is 0.106. The Morgan fingerprint density at radius 2 is 1.71 bits per heavy atom. The van der Waals surface area contributed by atoms with E-state index < -0.39 is 0 Å². The fourth-order valence-electron chi connectivity index (χ4n) is 3.56. The van der Waals surface area contributed by atoms with Crippen molar-refractivity contribution in [3.8, 4) is 0 Å². The predicted octanol–water partition coefficient (Wildman–Crippen LogP) is 0.696. The molecule has 1 aromatic carbocycles. The van der Waals surface area contributed by atoms with Crippen LogP contribution >= 0.6 is 0 Å². The van der Waals surface area contributed by atoms with Crippen molar-refractivity contribution in [2.24, 2.45) is 0 Å². The molecular formula is C16H23N3O2+2. The van der Waals surface area contributed by atoms with Gasteiger partial charge in [0, 0.05) is 19.2 Å². The lowest BCUT2D eigenvalue weighted by atomic mass is 10.1. The Morgan fingerprint density at radius 1 is 1.10 bits per heavy atom. The zero-order valence-corrected chi connectivity index (χ0v) is 13.0. The fourth-order valence-corrected chi connectivity index (χ4v) is 3.56. The third-order valence-electron chi connectivity index (χ3n) is 4.99. The van der Waals surface area contributed by atoms with Crippen LogP contribution in [0.5, 0.6) is 0 Å². The zero-order chi connectivity index (χ0) is 15.3. The molecule has 1 unspecified atom stereocenters. The number of carbonyl (C=O) groups is 2. The van der Waals surface area contributed by atoms with Crippen LogP contribution in [0.15, 0.2) is 24.3 Å². The molecule has 1 aromatic rings. The smallest absolute Gasteiger partial charge is 0.295 e. The minimum Gasteiger partial charge on any atom is -0.295 e. The van der Waals surface area contributed by atoms with E-state index in [1.807, 2.05) is 25.2 Å². The maximum absolute atomic E-state index is 12.6. The molecule has 1 fully saturated rings. The average molecular weight is 289 g/mol. The van der Waals surface area contributed by atoms with Gasteiger partial charge in [-0.15, -0.1) is 0 Å². The van der Waals surface area contributed by atoms with Crippen LogP contribution in [0, 0.1) is 0 Å². The molecule has 1 atom stereocenters. The second-order valence-electron chi connectivity index (χ2n) is 6.85. The van der Waals surface area contributed by atoms with Crippen molar-refractivity contribution in [1.29, 1.82) is 0 Å². The second kappa shape index (κ2) is 4.73. The van der Waals surface area contributed by atoms with E-state index in [1.54, 1.807) is 6.07 Å². The molecule has 1 saturated heterocycles. The summed E-state index contributed by atoms with van der Waals surface area (Å²) in [4.78, 5) is 27.1. The van der Waals surface area contributed by atoms with E-state index in [1.165, 1.54) is 0 Å². The van der Waals surface area contributed by atoms with E-state index in [0.29, 0.717) is 12.2 Å². The van der Waals surface area contributed by atoms with Gasteiger partial charge in [-0.3, -0.25) is 14.2 Å². The SMILES string of the molecule is CN1CC[N+](C)(C[N+]2(C)C(=O)C(=O)c3ccccc32)CC1. The lowest BCUT2D eigenvalue weighted by molar-refractivity contribution is -0.920. The molecule has 0 spiro atoms. The molecule has 0 radical (unpaired) electrons. The van der Waals surface area contributed by atoms with Crippen molar-refractivity contribution in [3.05, 3.63) is 29.8 Å². The maximum Gasteiger partial charge on any atom is 0.396 e. The Bertz CT molecular complexity index is 605. The lowest BCUT2D eigenvalue weighted by Crippen LogP contribution is -2.66. The number of benzene rings is 1. The highest BCUT2D eigenvalue weighted by molar-refractivity contribution is 6.50. The number of Topliss-reactive ketones (excluding diaryl/α,β-unsaturated/α-hetero) is 1. The zero-order valence-electron chi connectivity index (χ0n) is 13.0. The molecule has 2 aliphatic heterocycles. The van der Waals surface area contributed by atoms with Gasteiger partial charge < -0.3 is 0 Å². The number of rotatable bonds is 2. The van der Waals surface area contributed by atoms with E-state index in [2.05, 4.69) is 19.0 Å². The van der Waals surface area contributed by atoms with Crippen molar-refractivity contribution in [1.82, 2.24) is 9.38 Å². The highest BCUT2D eigenvalue weighted by Gasteiger charge is 2.53. The quantitative estimate of drug-likeness (QED) is 0.594. The lowest BCUT2D eigenvalue weighted by Gasteiger charge is -2.43. The first-order valence-electron chi connectivity index (χ1n) is 7.42. The molecule has 2 aliphatic rings. The topological polar surface area (TPSA) is 37.4 Å². The number of amides is 1. The molecule has 5 heteroatoms. The van der Waals surface area contributed by atoms with Gasteiger partial charge in [0.1, 0.15) is 0 Å². The number of carbonyl (C=O) groups excluding carboxylic acids is 2. The predicted molar refractivity (Wildman–Crippen MR) is 81.8 cm³/mol. The Kier molecular flexibility index (Phi) is 3.24. The van der Waals surface area contributed by atoms with Crippen LogP contribution in [-0.2, 0) is 4.79 Å². The highest BCUT2D eigenvalue weighted by atomic mass is 16.2. The van der Waals surface area contributed by atoms with Crippen LogP contribution in [0.25, 0.3) is 0 Å². The molecule has 112 valence electrons. The van der Waals surface area contributed by atoms with Gasteiger partial charge in [0.2, 0.25) is 6.67 Å². The van der Waals surface area contributed by atoms with E-state index in [9.17, 15) is 9.59 Å². The van der Waals surface area contributed by atoms with Gasteiger partial charge in [-0.2, -0.15) is 4.48 Å². The van der Waals surface area contributed by atoms with Crippen LogP contribution < -0.4 is 4.48 Å². The minimum atomic E-state index is -0.339. The highest BCUT2D eigenvalue weighted by Crippen LogP contribution is 2.35. The number of piperazine rings is 1. The second-order valence-corrected chi connectivity index (χ2v) is 6.85. The van der Waals surface area contributed by atoms with E-state index in [-0.39, 0.29) is 16.2 Å². The van der Waals surface area contributed by atoms with Gasteiger partial charge in [0.15, 0.2) is 5.69 Å². The van der Waals surface area contributed by atoms with Gasteiger partial charge >= 0.3 is 5.91 Å². The molecule has 2 heterocycles. The first-order chi connectivity index (χ1) is 9.86. The molecule has 0 aromatic heterocycles. The fraction of sp³-hybridized carbons (Fsp3) is 0.500. The summed E-state index contributed by atoms with van der Waals surface area (Å²) in [7, 11) is 6.20. The molecule has 0 bridgehead atoms. The van der Waals surface area contributed by atoms with Crippen molar-refractivity contribution in [3.63, 3.8) is 0 Å². The number of para-hydroxylation sites is 1. The Balaban J connectivity index is 1.94. The number of ketones is 1. The summed E-state index contributed by atoms with van der Waals surface area (Å²) in [6.07, 6.45) is 0. The standard InChI is InChI=1S/C16H23N3O2/c1-17-8-10-18(2,11-9-17)12-19(3)14-7-5-4-6-13(14)15(20)16(19)21/h4-7H,8-12H2,1-3H3/q+2. The monoisotopic (exact) mass is 289 g/mol. The maximum atomic E-state index is 12.6. The van der Waals surface area contributed by atoms with Crippen molar-refractivity contribution in [2.45, 2.75) is 0 Å². The van der Waals surface area contributed by atoms with E-state index >= 15 is 0 Å². The Labute approximate surface area is 125 Å². The van der Waals surface area contributed by atoms with Crippen LogP contribution in [0.2, 0.25) is 0 Å². The summed E-state index contributed by atoms with van der Waals surface area (Å²) >= 11 is 0. The summed E-state index contributed by atoms with van der Waals surface area (Å²) in [5, 5.41) is 0. The van der Waals surface area contributed by atoms with Crippen molar-refractivity contribution in [2.75, 3.05) is 54.0 Å². The summed E-state index contributed by atoms with van der Waals surface area (Å²) < 4.78 is 0.934.